The Labute approximate surface area is 103 Å². The van der Waals surface area contributed by atoms with Gasteiger partial charge in [-0.15, -0.1) is 11.3 Å². The minimum absolute atomic E-state index is 0.179. The van der Waals surface area contributed by atoms with E-state index in [0.29, 0.717) is 17.0 Å². The monoisotopic (exact) mass is 248 g/mol. The van der Waals surface area contributed by atoms with Crippen molar-refractivity contribution in [2.75, 3.05) is 12.8 Å². The van der Waals surface area contributed by atoms with Crippen LogP contribution in [-0.4, -0.2) is 22.9 Å². The summed E-state index contributed by atoms with van der Waals surface area (Å²) in [5, 5.41) is 4.52. The molecule has 2 aromatic rings. The quantitative estimate of drug-likeness (QED) is 0.843. The van der Waals surface area contributed by atoms with Gasteiger partial charge in [-0.25, -0.2) is 9.97 Å². The van der Waals surface area contributed by atoms with Crippen molar-refractivity contribution in [3.05, 3.63) is 28.8 Å². The highest BCUT2D eigenvalue weighted by Gasteiger charge is 2.18. The lowest BCUT2D eigenvalue weighted by atomic mass is 10.1. The van der Waals surface area contributed by atoms with Crippen molar-refractivity contribution in [1.29, 1.82) is 0 Å². The number of rotatable bonds is 2. The van der Waals surface area contributed by atoms with Crippen LogP contribution in [0, 0.1) is 6.92 Å². The SMILES string of the molecule is CNC(=O)c1c(C)nc(N)nc1-c1cccs1. The van der Waals surface area contributed by atoms with E-state index in [9.17, 15) is 4.79 Å². The Morgan fingerprint density at radius 3 is 2.82 bits per heavy atom. The van der Waals surface area contributed by atoms with Gasteiger partial charge in [0.25, 0.3) is 5.91 Å². The van der Waals surface area contributed by atoms with Crippen molar-refractivity contribution in [2.45, 2.75) is 6.92 Å². The van der Waals surface area contributed by atoms with Gasteiger partial charge in [0.2, 0.25) is 5.95 Å². The smallest absolute Gasteiger partial charge is 0.255 e. The third-order valence-electron chi connectivity index (χ3n) is 2.32. The summed E-state index contributed by atoms with van der Waals surface area (Å²) in [6.07, 6.45) is 0. The molecular formula is C11H12N4OS. The minimum Gasteiger partial charge on any atom is -0.368 e. The van der Waals surface area contributed by atoms with Crippen LogP contribution in [0.1, 0.15) is 16.1 Å². The molecule has 3 N–H and O–H groups in total. The second kappa shape index (κ2) is 4.50. The lowest BCUT2D eigenvalue weighted by molar-refractivity contribution is 0.0962. The molecule has 0 unspecified atom stereocenters. The van der Waals surface area contributed by atoms with Crippen molar-refractivity contribution in [3.8, 4) is 10.6 Å². The van der Waals surface area contributed by atoms with Gasteiger partial charge in [0, 0.05) is 7.05 Å². The highest BCUT2D eigenvalue weighted by molar-refractivity contribution is 7.13. The maximum absolute atomic E-state index is 11.8. The van der Waals surface area contributed by atoms with Crippen LogP contribution in [0.2, 0.25) is 0 Å². The number of amides is 1. The molecule has 0 saturated heterocycles. The van der Waals surface area contributed by atoms with E-state index in [0.717, 1.165) is 4.88 Å². The summed E-state index contributed by atoms with van der Waals surface area (Å²) < 4.78 is 0. The van der Waals surface area contributed by atoms with Crippen LogP contribution in [0.15, 0.2) is 17.5 Å². The molecule has 6 heteroatoms. The first-order valence-electron chi connectivity index (χ1n) is 5.03. The molecule has 0 atom stereocenters. The Kier molecular flexibility index (Phi) is 3.06. The average molecular weight is 248 g/mol. The van der Waals surface area contributed by atoms with E-state index in [1.165, 1.54) is 11.3 Å². The highest BCUT2D eigenvalue weighted by Crippen LogP contribution is 2.28. The van der Waals surface area contributed by atoms with Gasteiger partial charge in [-0.1, -0.05) is 6.07 Å². The zero-order chi connectivity index (χ0) is 12.4. The summed E-state index contributed by atoms with van der Waals surface area (Å²) in [7, 11) is 1.58. The normalized spacial score (nSPS) is 10.2. The first-order chi connectivity index (χ1) is 8.13. The Bertz CT molecular complexity index is 551. The fourth-order valence-corrected chi connectivity index (χ4v) is 2.30. The Morgan fingerprint density at radius 1 is 1.47 bits per heavy atom. The van der Waals surface area contributed by atoms with Crippen LogP contribution in [0.25, 0.3) is 10.6 Å². The molecule has 0 fully saturated rings. The highest BCUT2D eigenvalue weighted by atomic mass is 32.1. The third kappa shape index (κ3) is 2.12. The number of nitrogens with two attached hydrogens (primary N) is 1. The second-order valence-corrected chi connectivity index (χ2v) is 4.39. The number of anilines is 1. The predicted octanol–water partition coefficient (Wildman–Crippen LogP) is 1.46. The van der Waals surface area contributed by atoms with Gasteiger partial charge in [0.05, 0.1) is 21.8 Å². The molecule has 0 aliphatic heterocycles. The Hall–Kier alpha value is -1.95. The number of nitrogen functional groups attached to an aromatic ring is 1. The average Bonchev–Trinajstić information content (AvgIpc) is 2.80. The predicted molar refractivity (Wildman–Crippen MR) is 67.9 cm³/mol. The number of aromatic nitrogens is 2. The second-order valence-electron chi connectivity index (χ2n) is 3.45. The van der Waals surface area contributed by atoms with Crippen molar-refractivity contribution in [2.24, 2.45) is 0 Å². The summed E-state index contributed by atoms with van der Waals surface area (Å²) in [6.45, 7) is 1.75. The van der Waals surface area contributed by atoms with Gasteiger partial charge < -0.3 is 11.1 Å². The molecule has 0 bridgehead atoms. The van der Waals surface area contributed by atoms with E-state index in [4.69, 9.17) is 5.73 Å². The minimum atomic E-state index is -0.203. The number of hydrogen-bond acceptors (Lipinski definition) is 5. The number of thiophene rings is 1. The third-order valence-corrected chi connectivity index (χ3v) is 3.19. The molecule has 0 aliphatic rings. The van der Waals surface area contributed by atoms with Gasteiger partial charge in [-0.2, -0.15) is 0 Å². The van der Waals surface area contributed by atoms with E-state index in [2.05, 4.69) is 15.3 Å². The van der Waals surface area contributed by atoms with E-state index >= 15 is 0 Å². The number of aryl methyl sites for hydroxylation is 1. The first-order valence-corrected chi connectivity index (χ1v) is 5.91. The lowest BCUT2D eigenvalue weighted by Gasteiger charge is -2.09. The molecule has 2 heterocycles. The lowest BCUT2D eigenvalue weighted by Crippen LogP contribution is -2.21. The van der Waals surface area contributed by atoms with Gasteiger partial charge in [0.1, 0.15) is 0 Å². The van der Waals surface area contributed by atoms with Crippen LogP contribution < -0.4 is 11.1 Å². The molecule has 5 nitrogen and oxygen atoms in total. The van der Waals surface area contributed by atoms with Gasteiger partial charge in [-0.05, 0) is 18.4 Å². The van der Waals surface area contributed by atoms with E-state index in [1.54, 1.807) is 14.0 Å². The van der Waals surface area contributed by atoms with Gasteiger partial charge in [-0.3, -0.25) is 4.79 Å². The van der Waals surface area contributed by atoms with Crippen LogP contribution >= 0.6 is 11.3 Å². The summed E-state index contributed by atoms with van der Waals surface area (Å²) >= 11 is 1.51. The summed E-state index contributed by atoms with van der Waals surface area (Å²) in [5.41, 5.74) is 7.27. The molecule has 0 radical (unpaired) electrons. The van der Waals surface area contributed by atoms with Gasteiger partial charge in [0.15, 0.2) is 0 Å². The largest absolute Gasteiger partial charge is 0.368 e. The van der Waals surface area contributed by atoms with Crippen LogP contribution in [-0.2, 0) is 0 Å². The molecular weight excluding hydrogens is 236 g/mol. The molecule has 0 aliphatic carbocycles. The van der Waals surface area contributed by atoms with Crippen LogP contribution in [0.3, 0.4) is 0 Å². The summed E-state index contributed by atoms with van der Waals surface area (Å²) in [5.74, 6) is -0.0237. The fourth-order valence-electron chi connectivity index (χ4n) is 1.58. The molecule has 2 rings (SSSR count). The molecule has 1 amide bonds. The van der Waals surface area contributed by atoms with E-state index in [1.807, 2.05) is 17.5 Å². The van der Waals surface area contributed by atoms with Crippen LogP contribution in [0.5, 0.6) is 0 Å². The van der Waals surface area contributed by atoms with E-state index in [-0.39, 0.29) is 11.9 Å². The molecule has 0 spiro atoms. The fraction of sp³-hybridized carbons (Fsp3) is 0.182. The van der Waals surface area contributed by atoms with Gasteiger partial charge >= 0.3 is 0 Å². The maximum atomic E-state index is 11.8. The summed E-state index contributed by atoms with van der Waals surface area (Å²) in [6, 6.07) is 3.81. The van der Waals surface area contributed by atoms with Crippen LogP contribution in [0.4, 0.5) is 5.95 Å². The molecule has 2 aromatic heterocycles. The number of hydrogen-bond donors (Lipinski definition) is 2. The topological polar surface area (TPSA) is 80.9 Å². The maximum Gasteiger partial charge on any atom is 0.255 e. The van der Waals surface area contributed by atoms with E-state index < -0.39 is 0 Å². The van der Waals surface area contributed by atoms with Crippen molar-refractivity contribution in [1.82, 2.24) is 15.3 Å². The van der Waals surface area contributed by atoms with Crippen molar-refractivity contribution < 1.29 is 4.79 Å². The van der Waals surface area contributed by atoms with Crippen molar-refractivity contribution >= 4 is 23.2 Å². The number of nitrogens with zero attached hydrogens (tertiary/aromatic N) is 2. The standard InChI is InChI=1S/C11H12N4OS/c1-6-8(10(16)13-2)9(15-11(12)14-6)7-4-3-5-17-7/h3-5H,1-2H3,(H,13,16)(H2,12,14,15). The number of nitrogens with one attached hydrogen (secondary N) is 1. The molecule has 0 saturated carbocycles. The molecule has 17 heavy (non-hydrogen) atoms. The number of carbonyl (C=O) groups is 1. The number of carbonyl (C=O) groups excluding carboxylic acids is 1. The van der Waals surface area contributed by atoms with Crippen molar-refractivity contribution in [3.63, 3.8) is 0 Å². The Balaban J connectivity index is 2.68. The first kappa shape index (κ1) is 11.5. The zero-order valence-electron chi connectivity index (χ0n) is 9.52. The molecule has 0 aromatic carbocycles. The summed E-state index contributed by atoms with van der Waals surface area (Å²) in [4.78, 5) is 20.9. The Morgan fingerprint density at radius 2 is 2.24 bits per heavy atom. The molecule has 88 valence electrons. The zero-order valence-corrected chi connectivity index (χ0v) is 10.3.